The van der Waals surface area contributed by atoms with E-state index >= 15 is 0 Å². The normalized spacial score (nSPS) is 10.9. The molecular formula is C25H22N8O. The van der Waals surface area contributed by atoms with Crippen LogP contribution >= 0.6 is 0 Å². The number of rotatable bonds is 5. The monoisotopic (exact) mass is 450 g/mol. The van der Waals surface area contributed by atoms with Crippen molar-refractivity contribution < 1.29 is 4.79 Å². The van der Waals surface area contributed by atoms with Crippen molar-refractivity contribution in [1.82, 2.24) is 29.7 Å². The van der Waals surface area contributed by atoms with Crippen LogP contribution in [0.4, 0.5) is 17.2 Å². The molecule has 5 rings (SSSR count). The van der Waals surface area contributed by atoms with Gasteiger partial charge in [0.15, 0.2) is 11.5 Å². The summed E-state index contributed by atoms with van der Waals surface area (Å²) in [6.07, 6.45) is 6.64. The van der Waals surface area contributed by atoms with E-state index in [4.69, 9.17) is 4.98 Å². The molecule has 0 unspecified atom stereocenters. The Morgan fingerprint density at radius 1 is 1.03 bits per heavy atom. The van der Waals surface area contributed by atoms with Crippen LogP contribution in [0.25, 0.3) is 22.6 Å². The Balaban J connectivity index is 1.50. The van der Waals surface area contributed by atoms with Gasteiger partial charge in [-0.15, -0.1) is 0 Å². The first-order chi connectivity index (χ1) is 16.5. The number of aryl methyl sites for hydroxylation is 3. The number of aromatic nitrogens is 6. The molecule has 34 heavy (non-hydrogen) atoms. The van der Waals surface area contributed by atoms with Crippen molar-refractivity contribution >= 4 is 34.1 Å². The Morgan fingerprint density at radius 3 is 2.71 bits per heavy atom. The first-order valence-corrected chi connectivity index (χ1v) is 10.7. The number of hydrogen-bond acceptors (Lipinski definition) is 7. The lowest BCUT2D eigenvalue weighted by molar-refractivity contribution is 0.102. The standard InChI is InChI=1S/C25H22N8O/c1-15-5-4-6-18(11-15)28-25(34)17-8-7-16(2)20(12-17)29-22-19-14-33(3)32-23(19)31-24(30-22)21-13-26-9-10-27-21/h4-14H,1-3H3,(H,28,34)(H,29,30,31,32). The maximum absolute atomic E-state index is 12.9. The zero-order chi connectivity index (χ0) is 23.7. The van der Waals surface area contributed by atoms with Crippen LogP contribution in [0.15, 0.2) is 67.3 Å². The molecule has 0 aliphatic rings. The van der Waals surface area contributed by atoms with E-state index in [-0.39, 0.29) is 5.91 Å². The predicted octanol–water partition coefficient (Wildman–Crippen LogP) is 4.43. The number of carbonyl (C=O) groups excluding carboxylic acids is 1. The van der Waals surface area contributed by atoms with Crippen molar-refractivity contribution in [3.8, 4) is 11.5 Å². The third-order valence-electron chi connectivity index (χ3n) is 5.31. The van der Waals surface area contributed by atoms with Gasteiger partial charge in [0.25, 0.3) is 5.91 Å². The Morgan fingerprint density at radius 2 is 1.91 bits per heavy atom. The van der Waals surface area contributed by atoms with Crippen molar-refractivity contribution in [1.29, 1.82) is 0 Å². The molecule has 9 nitrogen and oxygen atoms in total. The minimum Gasteiger partial charge on any atom is -0.339 e. The fraction of sp³-hybridized carbons (Fsp3) is 0.120. The third kappa shape index (κ3) is 4.31. The lowest BCUT2D eigenvalue weighted by Gasteiger charge is -2.13. The highest BCUT2D eigenvalue weighted by atomic mass is 16.1. The summed E-state index contributed by atoms with van der Waals surface area (Å²) in [5.74, 6) is 0.786. The summed E-state index contributed by atoms with van der Waals surface area (Å²) in [6, 6.07) is 13.2. The van der Waals surface area contributed by atoms with Gasteiger partial charge in [0.1, 0.15) is 11.5 Å². The van der Waals surface area contributed by atoms with Gasteiger partial charge in [0, 0.05) is 42.6 Å². The molecule has 0 fully saturated rings. The molecule has 0 spiro atoms. The second-order valence-electron chi connectivity index (χ2n) is 8.00. The summed E-state index contributed by atoms with van der Waals surface area (Å²) in [7, 11) is 1.83. The van der Waals surface area contributed by atoms with Crippen LogP contribution in [0.1, 0.15) is 21.5 Å². The van der Waals surface area contributed by atoms with E-state index in [1.165, 1.54) is 0 Å². The number of nitrogens with zero attached hydrogens (tertiary/aromatic N) is 6. The molecule has 9 heteroatoms. The molecule has 0 aliphatic carbocycles. The van der Waals surface area contributed by atoms with E-state index < -0.39 is 0 Å². The highest BCUT2D eigenvalue weighted by Gasteiger charge is 2.15. The second-order valence-corrected chi connectivity index (χ2v) is 8.00. The average Bonchev–Trinajstić information content (AvgIpc) is 3.21. The Hall–Kier alpha value is -4.66. The highest BCUT2D eigenvalue weighted by Crippen LogP contribution is 2.28. The third-order valence-corrected chi connectivity index (χ3v) is 5.31. The maximum Gasteiger partial charge on any atom is 0.255 e. The van der Waals surface area contributed by atoms with Crippen molar-refractivity contribution in [3.63, 3.8) is 0 Å². The summed E-state index contributed by atoms with van der Waals surface area (Å²) >= 11 is 0. The van der Waals surface area contributed by atoms with Gasteiger partial charge in [0.2, 0.25) is 0 Å². The number of amides is 1. The molecule has 168 valence electrons. The Labute approximate surface area is 195 Å². The summed E-state index contributed by atoms with van der Waals surface area (Å²) < 4.78 is 1.68. The zero-order valence-corrected chi connectivity index (χ0v) is 18.9. The molecule has 2 aromatic carbocycles. The number of fused-ring (bicyclic) bond motifs is 1. The van der Waals surface area contributed by atoms with Gasteiger partial charge in [0.05, 0.1) is 11.6 Å². The van der Waals surface area contributed by atoms with E-state index in [9.17, 15) is 4.79 Å². The predicted molar refractivity (Wildman–Crippen MR) is 131 cm³/mol. The van der Waals surface area contributed by atoms with Gasteiger partial charge in [-0.2, -0.15) is 5.10 Å². The van der Waals surface area contributed by atoms with E-state index in [0.29, 0.717) is 28.5 Å². The molecule has 1 amide bonds. The SMILES string of the molecule is Cc1cccc(NC(=O)c2ccc(C)c(Nc3nc(-c4cnccn4)nc4nn(C)cc34)c2)c1. The molecule has 0 atom stereocenters. The van der Waals surface area contributed by atoms with E-state index in [1.807, 2.05) is 63.5 Å². The zero-order valence-electron chi connectivity index (χ0n) is 18.9. The van der Waals surface area contributed by atoms with E-state index in [1.54, 1.807) is 29.3 Å². The van der Waals surface area contributed by atoms with E-state index in [0.717, 1.165) is 27.9 Å². The lowest BCUT2D eigenvalue weighted by Crippen LogP contribution is -2.12. The molecule has 3 heterocycles. The molecule has 0 saturated carbocycles. The quantitative estimate of drug-likeness (QED) is 0.407. The van der Waals surface area contributed by atoms with Gasteiger partial charge in [-0.05, 0) is 49.2 Å². The molecule has 0 bridgehead atoms. The van der Waals surface area contributed by atoms with E-state index in [2.05, 4.69) is 30.7 Å². The number of benzene rings is 2. The first-order valence-electron chi connectivity index (χ1n) is 10.7. The number of hydrogen-bond donors (Lipinski definition) is 2. The summed E-state index contributed by atoms with van der Waals surface area (Å²) in [6.45, 7) is 3.95. The van der Waals surface area contributed by atoms with Gasteiger partial charge in [-0.3, -0.25) is 14.5 Å². The number of nitrogens with one attached hydrogen (secondary N) is 2. The molecule has 0 radical (unpaired) electrons. The van der Waals surface area contributed by atoms with Crippen LogP contribution < -0.4 is 10.6 Å². The maximum atomic E-state index is 12.9. The Bertz CT molecular complexity index is 1510. The average molecular weight is 451 g/mol. The van der Waals surface area contributed by atoms with Crippen molar-refractivity contribution in [2.45, 2.75) is 13.8 Å². The van der Waals surface area contributed by atoms with Crippen LogP contribution in [0.2, 0.25) is 0 Å². The number of anilines is 3. The van der Waals surface area contributed by atoms with Gasteiger partial charge in [-0.1, -0.05) is 18.2 Å². The molecular weight excluding hydrogens is 428 g/mol. The summed E-state index contributed by atoms with van der Waals surface area (Å²) in [5, 5.41) is 11.5. The topological polar surface area (TPSA) is 111 Å². The molecule has 2 N–H and O–H groups in total. The summed E-state index contributed by atoms with van der Waals surface area (Å²) in [5.41, 5.74) is 5.15. The fourth-order valence-electron chi connectivity index (χ4n) is 3.59. The van der Waals surface area contributed by atoms with Gasteiger partial charge < -0.3 is 10.6 Å². The van der Waals surface area contributed by atoms with Crippen LogP contribution in [0.3, 0.4) is 0 Å². The van der Waals surface area contributed by atoms with Crippen LogP contribution in [0.5, 0.6) is 0 Å². The lowest BCUT2D eigenvalue weighted by atomic mass is 10.1. The van der Waals surface area contributed by atoms with Gasteiger partial charge in [-0.25, -0.2) is 15.0 Å². The first kappa shape index (κ1) is 21.2. The molecule has 0 saturated heterocycles. The van der Waals surface area contributed by atoms with Crippen LogP contribution in [-0.2, 0) is 7.05 Å². The molecule has 5 aromatic rings. The minimum absolute atomic E-state index is 0.192. The fourth-order valence-corrected chi connectivity index (χ4v) is 3.59. The molecule has 0 aliphatic heterocycles. The smallest absolute Gasteiger partial charge is 0.255 e. The largest absolute Gasteiger partial charge is 0.339 e. The van der Waals surface area contributed by atoms with Crippen molar-refractivity contribution in [3.05, 3.63) is 83.9 Å². The van der Waals surface area contributed by atoms with Gasteiger partial charge >= 0.3 is 0 Å². The van der Waals surface area contributed by atoms with Crippen LogP contribution in [-0.4, -0.2) is 35.6 Å². The van der Waals surface area contributed by atoms with Crippen molar-refractivity contribution in [2.24, 2.45) is 7.05 Å². The molecule has 3 aromatic heterocycles. The minimum atomic E-state index is -0.192. The Kier molecular flexibility index (Phi) is 5.43. The van der Waals surface area contributed by atoms with Crippen LogP contribution in [0, 0.1) is 13.8 Å². The van der Waals surface area contributed by atoms with Crippen molar-refractivity contribution in [2.75, 3.05) is 10.6 Å². The second kappa shape index (κ2) is 8.70. The number of carbonyl (C=O) groups is 1. The highest BCUT2D eigenvalue weighted by molar-refractivity contribution is 6.05. The summed E-state index contributed by atoms with van der Waals surface area (Å²) in [4.78, 5) is 30.6.